The van der Waals surface area contributed by atoms with Gasteiger partial charge in [0.05, 0.1) is 6.61 Å². The van der Waals surface area contributed by atoms with Gasteiger partial charge in [-0.2, -0.15) is 4.98 Å². The van der Waals surface area contributed by atoms with Gasteiger partial charge >= 0.3 is 6.09 Å². The number of hydrogen-bond donors (Lipinski definition) is 1. The monoisotopic (exact) mass is 355 g/mol. The van der Waals surface area contributed by atoms with Crippen LogP contribution in [0.15, 0.2) is 42.6 Å². The van der Waals surface area contributed by atoms with E-state index in [1.807, 2.05) is 55.3 Å². The number of para-hydroxylation sites is 1. The molecule has 26 heavy (non-hydrogen) atoms. The molecule has 1 aliphatic heterocycles. The van der Waals surface area contributed by atoms with E-state index in [2.05, 4.69) is 15.3 Å². The Morgan fingerprint density at radius 2 is 2.00 bits per heavy atom. The first-order chi connectivity index (χ1) is 12.7. The van der Waals surface area contributed by atoms with Crippen molar-refractivity contribution in [3.05, 3.63) is 42.6 Å². The molecule has 0 atom stereocenters. The minimum Gasteiger partial charge on any atom is -0.450 e. The summed E-state index contributed by atoms with van der Waals surface area (Å²) in [7, 11) is 1.99. The lowest BCUT2D eigenvalue weighted by atomic mass is 10.1. The molecule has 1 aromatic carbocycles. The summed E-state index contributed by atoms with van der Waals surface area (Å²) < 4.78 is 5.06. The average Bonchev–Trinajstić information content (AvgIpc) is 2.69. The number of anilines is 3. The standard InChI is InChI=1S/C19H25N5O2/c1-3-26-19(25)24-13-10-15(11-14-24)21-18-20-12-9-17(22-18)23(2)16-7-5-4-6-8-16/h4-9,12,15H,3,10-11,13-14H2,1-2H3,(H,20,21,22). The van der Waals surface area contributed by atoms with E-state index in [1.54, 1.807) is 11.1 Å². The maximum absolute atomic E-state index is 11.8. The Labute approximate surface area is 154 Å². The van der Waals surface area contributed by atoms with E-state index in [9.17, 15) is 4.79 Å². The van der Waals surface area contributed by atoms with E-state index in [1.165, 1.54) is 0 Å². The molecular weight excluding hydrogens is 330 g/mol. The van der Waals surface area contributed by atoms with Gasteiger partial charge in [-0.25, -0.2) is 9.78 Å². The van der Waals surface area contributed by atoms with Gasteiger partial charge in [0.15, 0.2) is 0 Å². The molecule has 0 radical (unpaired) electrons. The van der Waals surface area contributed by atoms with Crippen molar-refractivity contribution in [2.24, 2.45) is 0 Å². The van der Waals surface area contributed by atoms with Crippen molar-refractivity contribution in [3.8, 4) is 0 Å². The molecule has 0 unspecified atom stereocenters. The highest BCUT2D eigenvalue weighted by Crippen LogP contribution is 2.22. The summed E-state index contributed by atoms with van der Waals surface area (Å²) in [6.07, 6.45) is 3.23. The molecule has 7 heteroatoms. The molecule has 0 aliphatic carbocycles. The number of rotatable bonds is 5. The molecule has 1 aliphatic rings. The largest absolute Gasteiger partial charge is 0.450 e. The first-order valence-electron chi connectivity index (χ1n) is 8.97. The summed E-state index contributed by atoms with van der Waals surface area (Å²) in [6, 6.07) is 12.2. The van der Waals surface area contributed by atoms with Crippen LogP contribution in [0, 0.1) is 0 Å². The molecule has 7 nitrogen and oxygen atoms in total. The van der Waals surface area contributed by atoms with Crippen molar-refractivity contribution in [1.82, 2.24) is 14.9 Å². The molecule has 1 N–H and O–H groups in total. The Kier molecular flexibility index (Phi) is 5.88. The fourth-order valence-electron chi connectivity index (χ4n) is 2.99. The Morgan fingerprint density at radius 1 is 1.27 bits per heavy atom. The van der Waals surface area contributed by atoms with Crippen LogP contribution in [0.1, 0.15) is 19.8 Å². The molecule has 0 spiro atoms. The molecule has 1 amide bonds. The summed E-state index contributed by atoms with van der Waals surface area (Å²) in [4.78, 5) is 24.5. The Morgan fingerprint density at radius 3 is 2.69 bits per heavy atom. The zero-order valence-corrected chi connectivity index (χ0v) is 15.3. The van der Waals surface area contributed by atoms with Gasteiger partial charge in [-0.1, -0.05) is 18.2 Å². The van der Waals surface area contributed by atoms with E-state index in [4.69, 9.17) is 4.74 Å². The molecule has 1 aromatic heterocycles. The predicted molar refractivity (Wildman–Crippen MR) is 102 cm³/mol. The van der Waals surface area contributed by atoms with Gasteiger partial charge in [-0.05, 0) is 38.0 Å². The number of hydrogen-bond acceptors (Lipinski definition) is 6. The minimum atomic E-state index is -0.228. The molecule has 1 saturated heterocycles. The van der Waals surface area contributed by atoms with E-state index in [0.29, 0.717) is 25.6 Å². The number of amides is 1. The van der Waals surface area contributed by atoms with Crippen molar-refractivity contribution in [1.29, 1.82) is 0 Å². The highest BCUT2D eigenvalue weighted by atomic mass is 16.6. The van der Waals surface area contributed by atoms with Crippen molar-refractivity contribution < 1.29 is 9.53 Å². The zero-order chi connectivity index (χ0) is 18.4. The van der Waals surface area contributed by atoms with E-state index in [0.717, 1.165) is 24.3 Å². The van der Waals surface area contributed by atoms with Gasteiger partial charge in [-0.3, -0.25) is 0 Å². The highest BCUT2D eigenvalue weighted by Gasteiger charge is 2.24. The number of piperidine rings is 1. The number of carbonyl (C=O) groups excluding carboxylic acids is 1. The molecule has 0 saturated carbocycles. The van der Waals surface area contributed by atoms with Crippen LogP contribution in [0.4, 0.5) is 22.2 Å². The SMILES string of the molecule is CCOC(=O)N1CCC(Nc2nccc(N(C)c3ccccc3)n2)CC1. The lowest BCUT2D eigenvalue weighted by Crippen LogP contribution is -2.42. The van der Waals surface area contributed by atoms with Gasteiger partial charge in [-0.15, -0.1) is 0 Å². The number of aromatic nitrogens is 2. The van der Waals surface area contributed by atoms with Crippen LogP contribution in [0.25, 0.3) is 0 Å². The Hall–Kier alpha value is -2.83. The van der Waals surface area contributed by atoms with Crippen molar-refractivity contribution in [3.63, 3.8) is 0 Å². The second-order valence-electron chi connectivity index (χ2n) is 6.24. The van der Waals surface area contributed by atoms with E-state index in [-0.39, 0.29) is 12.1 Å². The van der Waals surface area contributed by atoms with Crippen LogP contribution >= 0.6 is 0 Å². The first-order valence-corrected chi connectivity index (χ1v) is 8.97. The number of likely N-dealkylation sites (tertiary alicyclic amines) is 1. The molecule has 138 valence electrons. The predicted octanol–water partition coefficient (Wildman–Crippen LogP) is 3.28. The van der Waals surface area contributed by atoms with Crippen LogP contribution in [0.3, 0.4) is 0 Å². The average molecular weight is 355 g/mol. The van der Waals surface area contributed by atoms with E-state index >= 15 is 0 Å². The second-order valence-corrected chi connectivity index (χ2v) is 6.24. The maximum atomic E-state index is 11.8. The second kappa shape index (κ2) is 8.51. The summed E-state index contributed by atoms with van der Waals surface area (Å²) >= 11 is 0. The Balaban J connectivity index is 1.59. The van der Waals surface area contributed by atoms with Gasteiger partial charge < -0.3 is 19.9 Å². The summed E-state index contributed by atoms with van der Waals surface area (Å²) in [6.45, 7) is 3.59. The summed E-state index contributed by atoms with van der Waals surface area (Å²) in [5.74, 6) is 1.44. The van der Waals surface area contributed by atoms with Crippen molar-refractivity contribution >= 4 is 23.5 Å². The van der Waals surface area contributed by atoms with Crippen LogP contribution in [-0.4, -0.2) is 53.7 Å². The minimum absolute atomic E-state index is 0.228. The summed E-state index contributed by atoms with van der Waals surface area (Å²) in [5.41, 5.74) is 1.07. The number of benzene rings is 1. The number of nitrogens with one attached hydrogen (secondary N) is 1. The van der Waals surface area contributed by atoms with E-state index < -0.39 is 0 Å². The normalized spacial score (nSPS) is 14.8. The highest BCUT2D eigenvalue weighted by molar-refractivity contribution is 5.67. The third kappa shape index (κ3) is 4.41. The lowest BCUT2D eigenvalue weighted by Gasteiger charge is -2.31. The quantitative estimate of drug-likeness (QED) is 0.887. The van der Waals surface area contributed by atoms with Crippen molar-refractivity contribution in [2.45, 2.75) is 25.8 Å². The summed E-state index contributed by atoms with van der Waals surface area (Å²) in [5, 5.41) is 3.39. The van der Waals surface area contributed by atoms with Gasteiger partial charge in [0.25, 0.3) is 0 Å². The van der Waals surface area contributed by atoms with Gasteiger partial charge in [0, 0.05) is 38.1 Å². The van der Waals surface area contributed by atoms with Crippen LogP contribution in [0.5, 0.6) is 0 Å². The topological polar surface area (TPSA) is 70.6 Å². The maximum Gasteiger partial charge on any atom is 0.409 e. The first kappa shape index (κ1) is 18.0. The number of nitrogens with zero attached hydrogens (tertiary/aromatic N) is 4. The molecular formula is C19H25N5O2. The van der Waals surface area contributed by atoms with Crippen LogP contribution < -0.4 is 10.2 Å². The smallest absolute Gasteiger partial charge is 0.409 e. The van der Waals surface area contributed by atoms with Crippen molar-refractivity contribution in [2.75, 3.05) is 37.0 Å². The molecule has 2 heterocycles. The molecule has 1 fully saturated rings. The Bertz CT molecular complexity index is 717. The number of ether oxygens (including phenoxy) is 1. The number of carbonyl (C=O) groups is 1. The molecule has 0 bridgehead atoms. The fraction of sp³-hybridized carbons (Fsp3) is 0.421. The molecule has 3 rings (SSSR count). The van der Waals surface area contributed by atoms with Crippen LogP contribution in [-0.2, 0) is 4.74 Å². The van der Waals surface area contributed by atoms with Gasteiger partial charge in [0.1, 0.15) is 5.82 Å². The lowest BCUT2D eigenvalue weighted by molar-refractivity contribution is 0.0983. The van der Waals surface area contributed by atoms with Gasteiger partial charge in [0.2, 0.25) is 5.95 Å². The van der Waals surface area contributed by atoms with Crippen LogP contribution in [0.2, 0.25) is 0 Å². The fourth-order valence-corrected chi connectivity index (χ4v) is 2.99. The zero-order valence-electron chi connectivity index (χ0n) is 15.3. The third-order valence-corrected chi connectivity index (χ3v) is 4.48. The third-order valence-electron chi connectivity index (χ3n) is 4.48. The molecule has 2 aromatic rings.